The lowest BCUT2D eigenvalue weighted by atomic mass is 10.2. The van der Waals surface area contributed by atoms with Gasteiger partial charge < -0.3 is 4.98 Å². The van der Waals surface area contributed by atoms with E-state index >= 15 is 0 Å². The van der Waals surface area contributed by atoms with E-state index < -0.39 is 0 Å². The zero-order chi connectivity index (χ0) is 9.14. The Hall–Kier alpha value is -0.0900. The van der Waals surface area contributed by atoms with Gasteiger partial charge in [0.15, 0.2) is 0 Å². The molecule has 68 valence electrons. The molecule has 0 aliphatic heterocycles. The van der Waals surface area contributed by atoms with Crippen LogP contribution in [0, 0.1) is 0 Å². The van der Waals surface area contributed by atoms with E-state index in [2.05, 4.69) is 42.4 Å². The maximum Gasteiger partial charge on any atom is 0.119 e. The number of rotatable bonds is 3. The fourth-order valence-corrected chi connectivity index (χ4v) is 1.42. The van der Waals surface area contributed by atoms with Gasteiger partial charge in [0.05, 0.1) is 5.25 Å². The minimum Gasteiger partial charge on any atom is -0.345 e. The van der Waals surface area contributed by atoms with Gasteiger partial charge in [0.25, 0.3) is 0 Å². The molecule has 1 heterocycles. The van der Waals surface area contributed by atoms with Crippen molar-refractivity contribution in [2.75, 3.05) is 0 Å². The van der Waals surface area contributed by atoms with Crippen LogP contribution >= 0.6 is 22.5 Å². The van der Waals surface area contributed by atoms with Crippen LogP contribution < -0.4 is 0 Å². The Morgan fingerprint density at radius 1 is 1.50 bits per heavy atom. The van der Waals surface area contributed by atoms with Crippen molar-refractivity contribution >= 4 is 22.5 Å². The third kappa shape index (κ3) is 2.20. The predicted molar refractivity (Wildman–Crippen MR) is 57.7 cm³/mol. The Bertz CT molecular complexity index is 245. The molecule has 1 aromatic heterocycles. The van der Waals surface area contributed by atoms with E-state index in [0.29, 0.717) is 11.2 Å². The number of nitrogens with zero attached hydrogens (tertiary/aromatic N) is 1. The van der Waals surface area contributed by atoms with Crippen molar-refractivity contribution in [1.82, 2.24) is 9.97 Å². The number of thiol groups is 1. The van der Waals surface area contributed by atoms with E-state index in [0.717, 1.165) is 5.82 Å². The van der Waals surface area contributed by atoms with Crippen LogP contribution in [0.25, 0.3) is 0 Å². The summed E-state index contributed by atoms with van der Waals surface area (Å²) in [7, 11) is 1.50. The molecule has 0 fully saturated rings. The number of aromatic amines is 1. The van der Waals surface area contributed by atoms with Crippen LogP contribution in [0.5, 0.6) is 0 Å². The molecule has 0 spiro atoms. The van der Waals surface area contributed by atoms with Gasteiger partial charge in [-0.2, -0.15) is 0 Å². The zero-order valence-corrected chi connectivity index (χ0v) is 9.25. The monoisotopic (exact) mass is 202 g/mol. The second-order valence-corrected chi connectivity index (χ2v) is 4.68. The van der Waals surface area contributed by atoms with Gasteiger partial charge in [-0.15, -0.1) is 11.7 Å². The van der Waals surface area contributed by atoms with Crippen molar-refractivity contribution in [2.24, 2.45) is 0 Å². The van der Waals surface area contributed by atoms with Gasteiger partial charge in [-0.3, -0.25) is 0 Å². The molecule has 1 atom stereocenters. The van der Waals surface area contributed by atoms with Gasteiger partial charge in [-0.25, -0.2) is 4.98 Å². The van der Waals surface area contributed by atoms with E-state index in [1.807, 2.05) is 6.20 Å². The van der Waals surface area contributed by atoms with Crippen molar-refractivity contribution in [2.45, 2.75) is 31.9 Å². The number of hydrogen-bond donors (Lipinski definition) is 2. The highest BCUT2D eigenvalue weighted by molar-refractivity contribution is 8.68. The highest BCUT2D eigenvalue weighted by Gasteiger charge is 2.09. The summed E-state index contributed by atoms with van der Waals surface area (Å²) in [5, 5.41) is 0.334. The predicted octanol–water partition coefficient (Wildman–Crippen LogP) is 3.17. The smallest absolute Gasteiger partial charge is 0.119 e. The molecule has 0 amide bonds. The van der Waals surface area contributed by atoms with Crippen molar-refractivity contribution in [3.8, 4) is 0 Å². The summed E-state index contributed by atoms with van der Waals surface area (Å²) in [4.78, 5) is 7.57. The lowest BCUT2D eigenvalue weighted by molar-refractivity contribution is 0.821. The van der Waals surface area contributed by atoms with Crippen molar-refractivity contribution < 1.29 is 0 Å². The topological polar surface area (TPSA) is 28.7 Å². The molecule has 4 heteroatoms. The molecule has 1 N–H and O–H groups in total. The number of H-pyrrole nitrogens is 1. The fourth-order valence-electron chi connectivity index (χ4n) is 0.901. The molecule has 0 saturated heterocycles. The van der Waals surface area contributed by atoms with Gasteiger partial charge in [0, 0.05) is 11.9 Å². The summed E-state index contributed by atoms with van der Waals surface area (Å²) >= 11 is 4.14. The number of hydrogen-bond acceptors (Lipinski definition) is 3. The van der Waals surface area contributed by atoms with Crippen LogP contribution in [-0.4, -0.2) is 9.97 Å². The van der Waals surface area contributed by atoms with Crippen LogP contribution in [-0.2, 0) is 0 Å². The van der Waals surface area contributed by atoms with Gasteiger partial charge in [0.2, 0.25) is 0 Å². The summed E-state index contributed by atoms with van der Waals surface area (Å²) in [6.45, 7) is 6.38. The summed E-state index contributed by atoms with van der Waals surface area (Å²) in [6, 6.07) is 0. The molecule has 1 aromatic rings. The summed E-state index contributed by atoms with van der Waals surface area (Å²) in [6.07, 6.45) is 1.90. The minimum absolute atomic E-state index is 0.334. The fraction of sp³-hybridized carbons (Fsp3) is 0.625. The van der Waals surface area contributed by atoms with E-state index in [9.17, 15) is 0 Å². The normalized spacial score (nSPS) is 13.8. The zero-order valence-electron chi connectivity index (χ0n) is 7.53. The molecular formula is C8H14N2S2. The first kappa shape index (κ1) is 9.99. The Morgan fingerprint density at radius 2 is 2.17 bits per heavy atom. The molecule has 0 aromatic carbocycles. The van der Waals surface area contributed by atoms with E-state index in [1.54, 1.807) is 0 Å². The Morgan fingerprint density at radius 3 is 2.58 bits per heavy atom. The van der Waals surface area contributed by atoms with Gasteiger partial charge in [-0.05, 0) is 12.8 Å². The quantitative estimate of drug-likeness (QED) is 0.582. The molecule has 0 aliphatic carbocycles. The minimum atomic E-state index is 0.334. The van der Waals surface area contributed by atoms with Crippen LogP contribution in [0.1, 0.15) is 43.5 Å². The summed E-state index contributed by atoms with van der Waals surface area (Å²) < 4.78 is 0. The van der Waals surface area contributed by atoms with E-state index in [-0.39, 0.29) is 0 Å². The van der Waals surface area contributed by atoms with Gasteiger partial charge in [0.1, 0.15) is 5.82 Å². The molecule has 0 saturated carbocycles. The molecular weight excluding hydrogens is 188 g/mol. The first-order chi connectivity index (χ1) is 5.65. The van der Waals surface area contributed by atoms with E-state index in [1.165, 1.54) is 16.5 Å². The second kappa shape index (κ2) is 4.23. The van der Waals surface area contributed by atoms with Crippen molar-refractivity contribution in [3.05, 3.63) is 17.7 Å². The van der Waals surface area contributed by atoms with Crippen molar-refractivity contribution in [1.29, 1.82) is 0 Å². The van der Waals surface area contributed by atoms with Gasteiger partial charge >= 0.3 is 0 Å². The highest BCUT2D eigenvalue weighted by Crippen LogP contribution is 2.29. The van der Waals surface area contributed by atoms with Crippen molar-refractivity contribution in [3.63, 3.8) is 0 Å². The SMILES string of the molecule is CC(C)c1cnc(C(C)SS)[nH]1. The van der Waals surface area contributed by atoms with Crippen LogP contribution in [0.3, 0.4) is 0 Å². The molecule has 0 radical (unpaired) electrons. The number of aromatic nitrogens is 2. The van der Waals surface area contributed by atoms with Crippen LogP contribution in [0.2, 0.25) is 0 Å². The second-order valence-electron chi connectivity index (χ2n) is 3.13. The van der Waals surface area contributed by atoms with E-state index in [4.69, 9.17) is 0 Å². The standard InChI is InChI=1S/C8H14N2S2/c1-5(2)7-4-9-8(10-7)6(3)12-11/h4-6,11H,1-3H3,(H,9,10). The maximum absolute atomic E-state index is 4.28. The Balaban J connectivity index is 2.77. The van der Waals surface area contributed by atoms with Crippen LogP contribution in [0.15, 0.2) is 6.20 Å². The molecule has 1 unspecified atom stereocenters. The molecule has 0 aliphatic rings. The highest BCUT2D eigenvalue weighted by atomic mass is 33.1. The molecule has 12 heavy (non-hydrogen) atoms. The summed E-state index contributed by atoms with van der Waals surface area (Å²) in [5.74, 6) is 1.53. The Labute approximate surface area is 82.4 Å². The molecule has 1 rings (SSSR count). The summed E-state index contributed by atoms with van der Waals surface area (Å²) in [5.41, 5.74) is 1.19. The number of imidazole rings is 1. The largest absolute Gasteiger partial charge is 0.345 e. The van der Waals surface area contributed by atoms with Crippen LogP contribution in [0.4, 0.5) is 0 Å². The maximum atomic E-state index is 4.28. The lowest BCUT2D eigenvalue weighted by Gasteiger charge is -2.03. The molecule has 0 bridgehead atoms. The lowest BCUT2D eigenvalue weighted by Crippen LogP contribution is -1.91. The third-order valence-electron chi connectivity index (χ3n) is 1.78. The average molecular weight is 202 g/mol. The number of nitrogens with one attached hydrogen (secondary N) is 1. The molecule has 2 nitrogen and oxygen atoms in total. The Kier molecular flexibility index (Phi) is 3.53. The average Bonchev–Trinajstić information content (AvgIpc) is 2.51. The van der Waals surface area contributed by atoms with Gasteiger partial charge in [-0.1, -0.05) is 24.6 Å². The first-order valence-electron chi connectivity index (χ1n) is 4.00. The first-order valence-corrected chi connectivity index (χ1v) is 5.93. The third-order valence-corrected chi connectivity index (χ3v) is 3.27.